The van der Waals surface area contributed by atoms with E-state index in [0.29, 0.717) is 11.4 Å². The molecule has 1 aliphatic carbocycles. The maximum atomic E-state index is 13.6. The smallest absolute Gasteiger partial charge is 0.336 e. The van der Waals surface area contributed by atoms with Crippen molar-refractivity contribution in [3.8, 4) is 11.5 Å². The fraction of sp³-hybridized carbons (Fsp3) is 0.360. The normalized spacial score (nSPS) is 21.6. The summed E-state index contributed by atoms with van der Waals surface area (Å²) in [5, 5.41) is 29.4. The number of fused-ring (bicyclic) bond motifs is 1. The monoisotopic (exact) mass is 497 g/mol. The standard InChI is InChI=1S/C25H26N2O7S/c1-4-33-19-12-15(10-17(24(19)29)27(31)32)22-21(25(30)34-5-2)13(3)26-16-9-14(11-18(28)23(16)22)20-7-6-8-35-20/h6-10,12,14,22-23,26,29H,4-5,11H2,1-3H3/p-1. The Kier molecular flexibility index (Phi) is 6.93. The molecule has 2 aromatic rings. The average Bonchev–Trinajstić information content (AvgIpc) is 3.34. The minimum Gasteiger partial charge on any atom is -0.865 e. The SMILES string of the molecule is CCOC(=O)C1=C(C)NC2=CC(c3cccs3)CC(=O)C2C1c1cc(OCC)c([O-])c([N+](=O)[O-])c1. The second kappa shape index (κ2) is 9.91. The van der Waals surface area contributed by atoms with Gasteiger partial charge < -0.3 is 19.9 Å². The Morgan fingerprint density at radius 3 is 2.66 bits per heavy atom. The van der Waals surface area contributed by atoms with Gasteiger partial charge in [0.1, 0.15) is 11.5 Å². The van der Waals surface area contributed by atoms with Crippen molar-refractivity contribution in [2.45, 2.75) is 39.0 Å². The minimum absolute atomic E-state index is 0.112. The van der Waals surface area contributed by atoms with Crippen molar-refractivity contribution in [3.63, 3.8) is 0 Å². The molecule has 2 aliphatic rings. The van der Waals surface area contributed by atoms with Gasteiger partial charge in [-0.2, -0.15) is 0 Å². The number of hydrogen-bond acceptors (Lipinski definition) is 9. The number of benzene rings is 1. The van der Waals surface area contributed by atoms with E-state index in [9.17, 15) is 24.8 Å². The Morgan fingerprint density at radius 2 is 2.03 bits per heavy atom. The molecule has 0 amide bonds. The lowest BCUT2D eigenvalue weighted by Crippen LogP contribution is -2.42. The molecule has 1 aromatic carbocycles. The van der Waals surface area contributed by atoms with Crippen LogP contribution in [-0.4, -0.2) is 29.9 Å². The molecule has 1 N–H and O–H groups in total. The number of ether oxygens (including phenoxy) is 2. The highest BCUT2D eigenvalue weighted by molar-refractivity contribution is 7.10. The van der Waals surface area contributed by atoms with Crippen LogP contribution in [0.15, 0.2) is 52.7 Å². The fourth-order valence-corrected chi connectivity index (χ4v) is 5.58. The molecule has 0 spiro atoms. The maximum absolute atomic E-state index is 13.6. The first-order chi connectivity index (χ1) is 16.8. The summed E-state index contributed by atoms with van der Waals surface area (Å²) in [5.74, 6) is -3.56. The van der Waals surface area contributed by atoms with Crippen LogP contribution in [-0.2, 0) is 14.3 Å². The second-order valence-electron chi connectivity index (χ2n) is 8.31. The Morgan fingerprint density at radius 1 is 1.26 bits per heavy atom. The van der Waals surface area contributed by atoms with Crippen molar-refractivity contribution < 1.29 is 29.1 Å². The molecule has 0 saturated heterocycles. The molecule has 35 heavy (non-hydrogen) atoms. The first kappa shape index (κ1) is 24.5. The number of nitrogens with zero attached hydrogens (tertiary/aromatic N) is 1. The number of hydrogen-bond donors (Lipinski definition) is 1. The van der Waals surface area contributed by atoms with Gasteiger partial charge in [0, 0.05) is 46.3 Å². The molecular formula is C25H25N2O7S-. The molecule has 0 saturated carbocycles. The van der Waals surface area contributed by atoms with Crippen molar-refractivity contribution in [1.29, 1.82) is 0 Å². The number of carbonyl (C=O) groups is 2. The number of carbonyl (C=O) groups excluding carboxylic acids is 2. The highest BCUT2D eigenvalue weighted by atomic mass is 32.1. The van der Waals surface area contributed by atoms with Crippen molar-refractivity contribution in [3.05, 3.63) is 73.2 Å². The zero-order chi connectivity index (χ0) is 25.3. The number of nitro groups is 1. The quantitative estimate of drug-likeness (QED) is 0.346. The van der Waals surface area contributed by atoms with Crippen molar-refractivity contribution in [2.75, 3.05) is 13.2 Å². The van der Waals surface area contributed by atoms with E-state index in [-0.39, 0.29) is 48.2 Å². The number of nitrogens with one attached hydrogen (secondary N) is 1. The molecule has 1 aromatic heterocycles. The molecular weight excluding hydrogens is 472 g/mol. The Bertz CT molecular complexity index is 1230. The molecule has 4 rings (SSSR count). The average molecular weight is 498 g/mol. The summed E-state index contributed by atoms with van der Waals surface area (Å²) < 4.78 is 10.7. The molecule has 2 heterocycles. The largest absolute Gasteiger partial charge is 0.865 e. The van der Waals surface area contributed by atoms with Gasteiger partial charge in [-0.3, -0.25) is 14.9 Å². The van der Waals surface area contributed by atoms with E-state index in [2.05, 4.69) is 5.32 Å². The molecule has 0 bridgehead atoms. The van der Waals surface area contributed by atoms with Gasteiger partial charge in [0.05, 0.1) is 29.6 Å². The zero-order valence-corrected chi connectivity index (χ0v) is 20.3. The van der Waals surface area contributed by atoms with Crippen molar-refractivity contribution in [1.82, 2.24) is 5.32 Å². The predicted molar refractivity (Wildman–Crippen MR) is 127 cm³/mol. The molecule has 1 aliphatic heterocycles. The van der Waals surface area contributed by atoms with Gasteiger partial charge in [0.25, 0.3) is 5.69 Å². The predicted octanol–water partition coefficient (Wildman–Crippen LogP) is 3.91. The lowest BCUT2D eigenvalue weighted by Gasteiger charge is -2.39. The highest BCUT2D eigenvalue weighted by Crippen LogP contribution is 2.49. The van der Waals surface area contributed by atoms with E-state index in [0.717, 1.165) is 10.9 Å². The van der Waals surface area contributed by atoms with Crippen molar-refractivity contribution in [2.24, 2.45) is 5.92 Å². The summed E-state index contributed by atoms with van der Waals surface area (Å²) in [6.07, 6.45) is 2.21. The van der Waals surface area contributed by atoms with Crippen LogP contribution in [0.2, 0.25) is 0 Å². The summed E-state index contributed by atoms with van der Waals surface area (Å²) in [6, 6.07) is 6.44. The third kappa shape index (κ3) is 4.53. The number of rotatable bonds is 7. The Balaban J connectivity index is 1.92. The topological polar surface area (TPSA) is 131 Å². The second-order valence-corrected chi connectivity index (χ2v) is 9.29. The van der Waals surface area contributed by atoms with E-state index < -0.39 is 34.2 Å². The molecule has 0 fully saturated rings. The van der Waals surface area contributed by atoms with Gasteiger partial charge in [0.15, 0.2) is 0 Å². The molecule has 9 nitrogen and oxygen atoms in total. The Labute approximate surface area is 206 Å². The van der Waals surface area contributed by atoms with E-state index in [4.69, 9.17) is 9.47 Å². The lowest BCUT2D eigenvalue weighted by molar-refractivity contribution is -0.398. The van der Waals surface area contributed by atoms with E-state index in [1.165, 1.54) is 6.07 Å². The van der Waals surface area contributed by atoms with Crippen LogP contribution in [0.1, 0.15) is 49.5 Å². The van der Waals surface area contributed by atoms with Gasteiger partial charge in [-0.15, -0.1) is 11.3 Å². The van der Waals surface area contributed by atoms with Crippen LogP contribution in [0.25, 0.3) is 0 Å². The number of nitro benzene ring substituents is 1. The third-order valence-corrected chi connectivity index (χ3v) is 7.19. The first-order valence-electron chi connectivity index (χ1n) is 11.3. The van der Waals surface area contributed by atoms with Gasteiger partial charge in [-0.1, -0.05) is 12.1 Å². The van der Waals surface area contributed by atoms with Gasteiger partial charge >= 0.3 is 5.97 Å². The van der Waals surface area contributed by atoms with E-state index in [1.807, 2.05) is 23.6 Å². The molecule has 184 valence electrons. The van der Waals surface area contributed by atoms with Crippen LogP contribution in [0.3, 0.4) is 0 Å². The molecule has 10 heteroatoms. The number of thiophene rings is 1. The molecule has 3 unspecified atom stereocenters. The Hall–Kier alpha value is -3.66. The number of ketones is 1. The van der Waals surface area contributed by atoms with Crippen LogP contribution in [0.4, 0.5) is 5.69 Å². The molecule has 0 radical (unpaired) electrons. The minimum atomic E-state index is -0.878. The zero-order valence-electron chi connectivity index (χ0n) is 19.5. The number of esters is 1. The first-order valence-corrected chi connectivity index (χ1v) is 12.2. The number of Topliss-reactive ketones (excluding diaryl/α,β-unsaturated/α-hetero) is 1. The van der Waals surface area contributed by atoms with E-state index in [1.54, 1.807) is 32.1 Å². The summed E-state index contributed by atoms with van der Waals surface area (Å²) in [6.45, 7) is 5.28. The maximum Gasteiger partial charge on any atom is 0.336 e. The number of allylic oxidation sites excluding steroid dienone is 3. The third-order valence-electron chi connectivity index (χ3n) is 6.18. The van der Waals surface area contributed by atoms with Gasteiger partial charge in [0.2, 0.25) is 0 Å². The van der Waals surface area contributed by atoms with Crippen molar-refractivity contribution >= 4 is 28.8 Å². The van der Waals surface area contributed by atoms with Crippen LogP contribution in [0, 0.1) is 16.0 Å². The van der Waals surface area contributed by atoms with Crippen LogP contribution >= 0.6 is 11.3 Å². The van der Waals surface area contributed by atoms with Crippen LogP contribution in [0.5, 0.6) is 11.5 Å². The molecule has 3 atom stereocenters. The summed E-state index contributed by atoms with van der Waals surface area (Å²) in [7, 11) is 0. The summed E-state index contributed by atoms with van der Waals surface area (Å²) >= 11 is 1.56. The lowest BCUT2D eigenvalue weighted by atomic mass is 9.69. The van der Waals surface area contributed by atoms with Gasteiger partial charge in [-0.25, -0.2) is 4.79 Å². The van der Waals surface area contributed by atoms with E-state index >= 15 is 0 Å². The van der Waals surface area contributed by atoms with Crippen LogP contribution < -0.4 is 15.2 Å². The fourth-order valence-electron chi connectivity index (χ4n) is 4.78. The highest BCUT2D eigenvalue weighted by Gasteiger charge is 2.45. The summed E-state index contributed by atoms with van der Waals surface area (Å²) in [4.78, 5) is 38.6. The summed E-state index contributed by atoms with van der Waals surface area (Å²) in [5.41, 5.74) is 0.926. The van der Waals surface area contributed by atoms with Gasteiger partial charge in [-0.05, 0) is 43.8 Å².